The predicted octanol–water partition coefficient (Wildman–Crippen LogP) is 4.06. The van der Waals surface area contributed by atoms with Gasteiger partial charge in [0, 0.05) is 21.5 Å². The van der Waals surface area contributed by atoms with E-state index in [-0.39, 0.29) is 0 Å². The van der Waals surface area contributed by atoms with Crippen LogP contribution in [0, 0.1) is 6.92 Å². The van der Waals surface area contributed by atoms with Crippen molar-refractivity contribution in [2.45, 2.75) is 31.6 Å². The SMILES string of the molecule is Cc1c(Br)cccc1NC1CCSC1C. The number of hydrogen-bond donors (Lipinski definition) is 1. The summed E-state index contributed by atoms with van der Waals surface area (Å²) in [4.78, 5) is 0. The minimum Gasteiger partial charge on any atom is -0.381 e. The number of anilines is 1. The maximum atomic E-state index is 3.65. The highest BCUT2D eigenvalue weighted by Gasteiger charge is 2.23. The second-order valence-electron chi connectivity index (χ2n) is 4.03. The zero-order valence-electron chi connectivity index (χ0n) is 9.09. The largest absolute Gasteiger partial charge is 0.381 e. The Kier molecular flexibility index (Phi) is 3.62. The second kappa shape index (κ2) is 4.79. The van der Waals surface area contributed by atoms with E-state index in [1.807, 2.05) is 0 Å². The van der Waals surface area contributed by atoms with Crippen LogP contribution < -0.4 is 5.32 Å². The van der Waals surface area contributed by atoms with E-state index in [1.54, 1.807) is 0 Å². The Bertz CT molecular complexity index is 353. The molecule has 0 aromatic heterocycles. The van der Waals surface area contributed by atoms with E-state index in [1.165, 1.54) is 27.9 Å². The van der Waals surface area contributed by atoms with Crippen LogP contribution in [0.3, 0.4) is 0 Å². The monoisotopic (exact) mass is 285 g/mol. The fraction of sp³-hybridized carbons (Fsp3) is 0.500. The van der Waals surface area contributed by atoms with Crippen LogP contribution in [0.4, 0.5) is 5.69 Å². The van der Waals surface area contributed by atoms with Gasteiger partial charge in [-0.25, -0.2) is 0 Å². The van der Waals surface area contributed by atoms with Crippen LogP contribution in [0.1, 0.15) is 18.9 Å². The van der Waals surface area contributed by atoms with Gasteiger partial charge in [-0.05, 0) is 36.8 Å². The summed E-state index contributed by atoms with van der Waals surface area (Å²) >= 11 is 5.63. The molecule has 15 heavy (non-hydrogen) atoms. The fourth-order valence-corrected chi connectivity index (χ4v) is 3.45. The summed E-state index contributed by atoms with van der Waals surface area (Å²) in [5.41, 5.74) is 2.57. The molecule has 2 unspecified atom stereocenters. The van der Waals surface area contributed by atoms with Crippen LogP contribution in [0.2, 0.25) is 0 Å². The minimum atomic E-state index is 0.628. The molecular formula is C12H16BrNS. The molecule has 0 saturated carbocycles. The average Bonchev–Trinajstić information content (AvgIpc) is 2.60. The zero-order chi connectivity index (χ0) is 10.8. The Morgan fingerprint density at radius 3 is 2.93 bits per heavy atom. The second-order valence-corrected chi connectivity index (χ2v) is 6.37. The fourth-order valence-electron chi connectivity index (χ4n) is 1.88. The van der Waals surface area contributed by atoms with Crippen molar-refractivity contribution >= 4 is 33.4 Å². The summed E-state index contributed by atoms with van der Waals surface area (Å²) in [6.07, 6.45) is 1.28. The number of benzene rings is 1. The quantitative estimate of drug-likeness (QED) is 0.879. The molecule has 1 fully saturated rings. The molecule has 2 rings (SSSR count). The number of hydrogen-bond acceptors (Lipinski definition) is 2. The molecule has 0 spiro atoms. The van der Waals surface area contributed by atoms with E-state index in [0.717, 1.165) is 5.25 Å². The molecule has 1 aliphatic rings. The molecule has 1 N–H and O–H groups in total. The van der Waals surface area contributed by atoms with Crippen molar-refractivity contribution in [1.82, 2.24) is 0 Å². The van der Waals surface area contributed by atoms with Gasteiger partial charge < -0.3 is 5.32 Å². The predicted molar refractivity (Wildman–Crippen MR) is 72.8 cm³/mol. The Morgan fingerprint density at radius 1 is 1.47 bits per heavy atom. The Hall–Kier alpha value is -0.150. The molecule has 1 nitrogen and oxygen atoms in total. The Labute approximate surface area is 104 Å². The van der Waals surface area contributed by atoms with Crippen LogP contribution in [0.25, 0.3) is 0 Å². The first kappa shape index (κ1) is 11.3. The van der Waals surface area contributed by atoms with Crippen molar-refractivity contribution in [3.05, 3.63) is 28.2 Å². The summed E-state index contributed by atoms with van der Waals surface area (Å²) in [6, 6.07) is 6.97. The molecule has 1 aromatic carbocycles. The van der Waals surface area contributed by atoms with Gasteiger partial charge in [0.1, 0.15) is 0 Å². The molecule has 82 valence electrons. The van der Waals surface area contributed by atoms with Gasteiger partial charge in [0.2, 0.25) is 0 Å². The van der Waals surface area contributed by atoms with Crippen molar-refractivity contribution in [2.24, 2.45) is 0 Å². The lowest BCUT2D eigenvalue weighted by Gasteiger charge is -2.19. The van der Waals surface area contributed by atoms with Crippen LogP contribution in [0.15, 0.2) is 22.7 Å². The molecule has 1 aliphatic heterocycles. The van der Waals surface area contributed by atoms with Crippen LogP contribution in [0.5, 0.6) is 0 Å². The minimum absolute atomic E-state index is 0.628. The van der Waals surface area contributed by atoms with Gasteiger partial charge in [-0.2, -0.15) is 11.8 Å². The van der Waals surface area contributed by atoms with Crippen molar-refractivity contribution in [1.29, 1.82) is 0 Å². The van der Waals surface area contributed by atoms with E-state index in [9.17, 15) is 0 Å². The first-order valence-electron chi connectivity index (χ1n) is 5.31. The van der Waals surface area contributed by atoms with E-state index in [4.69, 9.17) is 0 Å². The highest BCUT2D eigenvalue weighted by Crippen LogP contribution is 2.31. The topological polar surface area (TPSA) is 12.0 Å². The van der Waals surface area contributed by atoms with Gasteiger partial charge >= 0.3 is 0 Å². The lowest BCUT2D eigenvalue weighted by atomic mass is 10.1. The Balaban J connectivity index is 2.13. The van der Waals surface area contributed by atoms with E-state index in [0.29, 0.717) is 6.04 Å². The van der Waals surface area contributed by atoms with Crippen LogP contribution in [-0.2, 0) is 0 Å². The lowest BCUT2D eigenvalue weighted by molar-refractivity contribution is 0.723. The van der Waals surface area contributed by atoms with E-state index >= 15 is 0 Å². The van der Waals surface area contributed by atoms with Crippen molar-refractivity contribution in [2.75, 3.05) is 11.1 Å². The lowest BCUT2D eigenvalue weighted by Crippen LogP contribution is -2.25. The van der Waals surface area contributed by atoms with Gasteiger partial charge in [-0.1, -0.05) is 28.9 Å². The number of rotatable bonds is 2. The molecule has 3 heteroatoms. The van der Waals surface area contributed by atoms with Crippen LogP contribution >= 0.6 is 27.7 Å². The Morgan fingerprint density at radius 2 is 2.27 bits per heavy atom. The van der Waals surface area contributed by atoms with E-state index < -0.39 is 0 Å². The summed E-state index contributed by atoms with van der Waals surface area (Å²) in [5.74, 6) is 1.28. The molecule has 0 bridgehead atoms. The van der Waals surface area contributed by atoms with Crippen molar-refractivity contribution in [3.8, 4) is 0 Å². The zero-order valence-corrected chi connectivity index (χ0v) is 11.5. The number of thioether (sulfide) groups is 1. The summed E-state index contributed by atoms with van der Waals surface area (Å²) in [6.45, 7) is 4.46. The summed E-state index contributed by atoms with van der Waals surface area (Å²) in [5, 5.41) is 4.37. The van der Waals surface area contributed by atoms with Gasteiger partial charge in [0.25, 0.3) is 0 Å². The summed E-state index contributed by atoms with van der Waals surface area (Å²) < 4.78 is 1.19. The van der Waals surface area contributed by atoms with Gasteiger partial charge in [-0.3, -0.25) is 0 Å². The maximum absolute atomic E-state index is 3.65. The molecule has 1 aromatic rings. The van der Waals surface area contributed by atoms with Gasteiger partial charge in [-0.15, -0.1) is 0 Å². The number of nitrogens with one attached hydrogen (secondary N) is 1. The first-order valence-corrected chi connectivity index (χ1v) is 7.16. The molecule has 1 saturated heterocycles. The van der Waals surface area contributed by atoms with Gasteiger partial charge in [0.05, 0.1) is 0 Å². The molecular weight excluding hydrogens is 270 g/mol. The number of halogens is 1. The summed E-state index contributed by atoms with van der Waals surface area (Å²) in [7, 11) is 0. The standard InChI is InChI=1S/C12H16BrNS/c1-8-10(13)4-3-5-11(8)14-12-6-7-15-9(12)2/h3-5,9,12,14H,6-7H2,1-2H3. The third kappa shape index (κ3) is 2.51. The third-order valence-electron chi connectivity index (χ3n) is 2.98. The highest BCUT2D eigenvalue weighted by molar-refractivity contribution is 9.10. The molecule has 2 atom stereocenters. The molecule has 0 radical (unpaired) electrons. The third-order valence-corrected chi connectivity index (χ3v) is 5.17. The first-order chi connectivity index (χ1) is 7.18. The normalized spacial score (nSPS) is 25.5. The molecule has 0 aliphatic carbocycles. The highest BCUT2D eigenvalue weighted by atomic mass is 79.9. The maximum Gasteiger partial charge on any atom is 0.0385 e. The van der Waals surface area contributed by atoms with Crippen molar-refractivity contribution in [3.63, 3.8) is 0 Å². The van der Waals surface area contributed by atoms with Crippen LogP contribution in [-0.4, -0.2) is 17.0 Å². The van der Waals surface area contributed by atoms with Gasteiger partial charge in [0.15, 0.2) is 0 Å². The molecule has 1 heterocycles. The smallest absolute Gasteiger partial charge is 0.0385 e. The van der Waals surface area contributed by atoms with Crippen molar-refractivity contribution < 1.29 is 0 Å². The van der Waals surface area contributed by atoms with E-state index in [2.05, 4.69) is 65.1 Å². The average molecular weight is 286 g/mol. The molecule has 0 amide bonds.